The van der Waals surface area contributed by atoms with E-state index < -0.39 is 34.9 Å². The van der Waals surface area contributed by atoms with Gasteiger partial charge in [-0.25, -0.2) is 0 Å². The highest BCUT2D eigenvalue weighted by atomic mass is 16.6. The molecule has 0 heterocycles. The molecule has 6 heteroatoms. The molecule has 0 unspecified atom stereocenters. The second-order valence-electron chi connectivity index (χ2n) is 14.6. The van der Waals surface area contributed by atoms with Gasteiger partial charge in [0.15, 0.2) is 0 Å². The van der Waals surface area contributed by atoms with Gasteiger partial charge in [0.1, 0.15) is 11.6 Å². The Morgan fingerprint density at radius 1 is 0.809 bits per heavy atom. The van der Waals surface area contributed by atoms with Crippen LogP contribution in [0.2, 0.25) is 0 Å². The van der Waals surface area contributed by atoms with Crippen molar-refractivity contribution in [2.45, 2.75) is 99.3 Å². The van der Waals surface area contributed by atoms with Gasteiger partial charge in [0.25, 0.3) is 0 Å². The molecule has 0 aliphatic rings. The summed E-state index contributed by atoms with van der Waals surface area (Å²) in [7, 11) is 0. The van der Waals surface area contributed by atoms with Gasteiger partial charge in [-0.3, -0.25) is 14.4 Å². The average molecular weight is 639 g/mol. The quantitative estimate of drug-likeness (QED) is 0.183. The number of allylic oxidation sites excluding steroid dienone is 1. The zero-order chi connectivity index (χ0) is 34.8. The first-order chi connectivity index (χ1) is 22.1. The summed E-state index contributed by atoms with van der Waals surface area (Å²) in [6.45, 7) is 17.3. The van der Waals surface area contributed by atoms with Crippen molar-refractivity contribution in [2.24, 2.45) is 17.3 Å². The van der Waals surface area contributed by atoms with Crippen molar-refractivity contribution in [1.82, 2.24) is 10.6 Å². The Balaban J connectivity index is 1.89. The average Bonchev–Trinajstić information content (AvgIpc) is 3.00. The number of hydrogen-bond acceptors (Lipinski definition) is 4. The SMILES string of the molecule is CCC[C@H](C(=O)OC(C)(C)C)[C@@H](C/C=C/c1ccc(-c2ccccc2)c(C)c1)C(=O)N[C@H](C(=O)N[C@H](C)c1ccccc1)C(C)(C)C. The molecule has 0 bridgehead atoms. The largest absolute Gasteiger partial charge is 0.460 e. The third-order valence-electron chi connectivity index (χ3n) is 8.24. The monoisotopic (exact) mass is 638 g/mol. The molecule has 2 amide bonds. The number of benzene rings is 3. The zero-order valence-electron chi connectivity index (χ0n) is 29.7. The van der Waals surface area contributed by atoms with E-state index >= 15 is 0 Å². The second-order valence-corrected chi connectivity index (χ2v) is 14.6. The number of ether oxygens (including phenoxy) is 1. The van der Waals surface area contributed by atoms with E-state index in [4.69, 9.17) is 4.74 Å². The predicted molar refractivity (Wildman–Crippen MR) is 192 cm³/mol. The topological polar surface area (TPSA) is 84.5 Å². The van der Waals surface area contributed by atoms with E-state index in [1.807, 2.05) is 116 Å². The molecule has 4 atom stereocenters. The number of esters is 1. The first kappa shape index (κ1) is 37.3. The fourth-order valence-electron chi connectivity index (χ4n) is 5.76. The highest BCUT2D eigenvalue weighted by molar-refractivity contribution is 5.91. The van der Waals surface area contributed by atoms with Gasteiger partial charge in [-0.05, 0) is 80.7 Å². The maximum absolute atomic E-state index is 14.2. The molecule has 0 aliphatic heterocycles. The third-order valence-corrected chi connectivity index (χ3v) is 8.24. The highest BCUT2D eigenvalue weighted by Gasteiger charge is 2.39. The fourth-order valence-corrected chi connectivity index (χ4v) is 5.76. The Labute approximate surface area is 282 Å². The summed E-state index contributed by atoms with van der Waals surface area (Å²) in [5.74, 6) is -2.40. The van der Waals surface area contributed by atoms with Gasteiger partial charge in [-0.2, -0.15) is 0 Å². The smallest absolute Gasteiger partial charge is 0.310 e. The highest BCUT2D eigenvalue weighted by Crippen LogP contribution is 2.29. The minimum atomic E-state index is -0.818. The minimum absolute atomic E-state index is 0.240. The van der Waals surface area contributed by atoms with Crippen molar-refractivity contribution >= 4 is 23.9 Å². The molecule has 6 nitrogen and oxygen atoms in total. The molecule has 47 heavy (non-hydrogen) atoms. The summed E-state index contributed by atoms with van der Waals surface area (Å²) in [5, 5.41) is 6.14. The Kier molecular flexibility index (Phi) is 13.1. The lowest BCUT2D eigenvalue weighted by Crippen LogP contribution is -2.56. The number of amides is 2. The summed E-state index contributed by atoms with van der Waals surface area (Å²) in [6.07, 6.45) is 5.46. The lowest BCUT2D eigenvalue weighted by Gasteiger charge is -2.34. The molecule has 0 fully saturated rings. The number of carbonyl (C=O) groups is 3. The first-order valence-corrected chi connectivity index (χ1v) is 16.8. The summed E-state index contributed by atoms with van der Waals surface area (Å²) < 4.78 is 5.82. The summed E-state index contributed by atoms with van der Waals surface area (Å²) in [5.41, 5.74) is 4.18. The van der Waals surface area contributed by atoms with Crippen LogP contribution < -0.4 is 10.6 Å². The van der Waals surface area contributed by atoms with Crippen molar-refractivity contribution in [2.75, 3.05) is 0 Å². The van der Waals surface area contributed by atoms with Gasteiger partial charge in [0.05, 0.1) is 17.9 Å². The van der Waals surface area contributed by atoms with E-state index in [1.54, 1.807) is 0 Å². The van der Waals surface area contributed by atoms with Gasteiger partial charge in [0.2, 0.25) is 11.8 Å². The van der Waals surface area contributed by atoms with Gasteiger partial charge in [-0.1, -0.05) is 125 Å². The maximum atomic E-state index is 14.2. The van der Waals surface area contributed by atoms with Gasteiger partial charge < -0.3 is 15.4 Å². The molecule has 3 rings (SSSR count). The first-order valence-electron chi connectivity index (χ1n) is 16.8. The van der Waals surface area contributed by atoms with Crippen LogP contribution in [0.25, 0.3) is 17.2 Å². The fraction of sp³-hybridized carbons (Fsp3) is 0.439. The van der Waals surface area contributed by atoms with Crippen molar-refractivity contribution < 1.29 is 19.1 Å². The van der Waals surface area contributed by atoms with Crippen LogP contribution in [0.5, 0.6) is 0 Å². The van der Waals surface area contributed by atoms with Gasteiger partial charge in [-0.15, -0.1) is 0 Å². The van der Waals surface area contributed by atoms with Crippen molar-refractivity contribution in [1.29, 1.82) is 0 Å². The molecular formula is C41H54N2O4. The van der Waals surface area contributed by atoms with Crippen molar-refractivity contribution in [3.05, 3.63) is 102 Å². The lowest BCUT2D eigenvalue weighted by atomic mass is 9.82. The molecule has 0 aromatic heterocycles. The number of hydrogen-bond donors (Lipinski definition) is 2. The Hall–Kier alpha value is -4.19. The summed E-state index contributed by atoms with van der Waals surface area (Å²) in [4.78, 5) is 41.4. The standard InChI is InChI=1S/C41H54N2O4/c1-10-18-35(39(46)47-41(7,8)9)34(24-17-19-30-25-26-33(28(2)27-30)32-22-15-12-16-23-32)37(44)43-36(40(4,5)6)38(45)42-29(3)31-20-13-11-14-21-31/h11-17,19-23,25-27,29,34-36H,10,18,24H2,1-9H3,(H,42,45)(H,43,44)/b19-17+/t29-,34-,35+,36-/m1/s1. The van der Waals surface area contributed by atoms with Gasteiger partial charge >= 0.3 is 5.97 Å². The van der Waals surface area contributed by atoms with E-state index in [0.29, 0.717) is 19.3 Å². The normalized spacial score (nSPS) is 14.6. The van der Waals surface area contributed by atoms with Crippen LogP contribution in [-0.4, -0.2) is 29.4 Å². The molecule has 3 aromatic rings. The molecule has 0 saturated carbocycles. The molecule has 0 saturated heterocycles. The van der Waals surface area contributed by atoms with Crippen LogP contribution in [0.3, 0.4) is 0 Å². The van der Waals surface area contributed by atoms with E-state index in [1.165, 1.54) is 5.56 Å². The second kappa shape index (κ2) is 16.6. The van der Waals surface area contributed by atoms with Gasteiger partial charge in [0, 0.05) is 0 Å². The number of aryl methyl sites for hydroxylation is 1. The predicted octanol–water partition coefficient (Wildman–Crippen LogP) is 8.85. The molecule has 0 aliphatic carbocycles. The molecule has 3 aromatic carbocycles. The molecule has 2 N–H and O–H groups in total. The van der Waals surface area contributed by atoms with Crippen molar-refractivity contribution in [3.63, 3.8) is 0 Å². The molecule has 252 valence electrons. The Morgan fingerprint density at radius 3 is 1.98 bits per heavy atom. The molecule has 0 radical (unpaired) electrons. The van der Waals surface area contributed by atoms with Crippen LogP contribution in [0, 0.1) is 24.2 Å². The van der Waals surface area contributed by atoms with E-state index in [0.717, 1.165) is 22.3 Å². The molecular weight excluding hydrogens is 584 g/mol. The molecule has 0 spiro atoms. The van der Waals surface area contributed by atoms with Crippen LogP contribution in [0.15, 0.2) is 84.9 Å². The summed E-state index contributed by atoms with van der Waals surface area (Å²) in [6, 6.07) is 25.2. The number of carbonyl (C=O) groups excluding carboxylic acids is 3. The van der Waals surface area contributed by atoms with E-state index in [9.17, 15) is 14.4 Å². The van der Waals surface area contributed by atoms with E-state index in [2.05, 4.69) is 47.9 Å². The lowest BCUT2D eigenvalue weighted by molar-refractivity contribution is -0.164. The maximum Gasteiger partial charge on any atom is 0.310 e. The Bertz CT molecular complexity index is 1500. The van der Waals surface area contributed by atoms with Crippen LogP contribution in [0.4, 0.5) is 0 Å². The van der Waals surface area contributed by atoms with Crippen LogP contribution >= 0.6 is 0 Å². The van der Waals surface area contributed by atoms with Crippen LogP contribution in [-0.2, 0) is 19.1 Å². The minimum Gasteiger partial charge on any atom is -0.460 e. The van der Waals surface area contributed by atoms with Crippen molar-refractivity contribution in [3.8, 4) is 11.1 Å². The number of rotatable bonds is 13. The third kappa shape index (κ3) is 11.2. The van der Waals surface area contributed by atoms with E-state index in [-0.39, 0.29) is 17.9 Å². The summed E-state index contributed by atoms with van der Waals surface area (Å²) >= 11 is 0. The zero-order valence-corrected chi connectivity index (χ0v) is 29.7. The Morgan fingerprint density at radius 2 is 1.43 bits per heavy atom. The number of nitrogens with one attached hydrogen (secondary N) is 2. The van der Waals surface area contributed by atoms with Crippen LogP contribution in [0.1, 0.15) is 97.4 Å².